The Kier molecular flexibility index (Phi) is 11.0. The molecular weight excluding hydrogens is 548 g/mol. The molecule has 222 valence electrons. The molecule has 2 atom stereocenters. The summed E-state index contributed by atoms with van der Waals surface area (Å²) in [6.45, 7) is 8.34. The van der Waals surface area contributed by atoms with Gasteiger partial charge < -0.3 is 19.9 Å². The highest BCUT2D eigenvalue weighted by Crippen LogP contribution is 2.35. The molecule has 3 rings (SSSR count). The van der Waals surface area contributed by atoms with Crippen molar-refractivity contribution >= 4 is 23.2 Å². The van der Waals surface area contributed by atoms with Crippen LogP contribution in [0.2, 0.25) is 0 Å². The summed E-state index contributed by atoms with van der Waals surface area (Å²) < 4.78 is 28.9. The Morgan fingerprint density at radius 2 is 1.78 bits per heavy atom. The maximum atomic E-state index is 13.9. The first-order chi connectivity index (χ1) is 19.3. The minimum atomic E-state index is -3.00. The minimum Gasteiger partial charge on any atom is -0.481 e. The highest BCUT2D eigenvalue weighted by molar-refractivity contribution is 7.13. The Balaban J connectivity index is 2.02. The molecule has 1 aromatic carbocycles. The van der Waals surface area contributed by atoms with E-state index in [1.807, 2.05) is 76.3 Å². The van der Waals surface area contributed by atoms with Crippen LogP contribution in [0.5, 0.6) is 0 Å². The van der Waals surface area contributed by atoms with Gasteiger partial charge in [0.15, 0.2) is 0 Å². The van der Waals surface area contributed by atoms with E-state index in [1.165, 1.54) is 23.6 Å². The summed E-state index contributed by atoms with van der Waals surface area (Å²) in [6, 6.07) is 7.12. The lowest BCUT2D eigenvalue weighted by Gasteiger charge is -2.25. The number of thiophene rings is 1. The number of aromatic nitrogens is 1. The quantitative estimate of drug-likeness (QED) is 0.250. The fraction of sp³-hybridized carbons (Fsp3) is 0.452. The molecule has 0 radical (unpaired) electrons. The number of rotatable bonds is 13. The van der Waals surface area contributed by atoms with E-state index in [4.69, 9.17) is 0 Å². The third kappa shape index (κ3) is 8.33. The fourth-order valence-electron chi connectivity index (χ4n) is 4.92. The molecule has 0 saturated carbocycles. The predicted molar refractivity (Wildman–Crippen MR) is 159 cm³/mol. The number of carboxylic acid groups (broad SMARTS) is 1. The number of pyridine rings is 1. The summed E-state index contributed by atoms with van der Waals surface area (Å²) in [7, 11) is 3.72. The highest BCUT2D eigenvalue weighted by Gasteiger charge is 2.29. The second-order valence-corrected chi connectivity index (χ2v) is 12.1. The largest absolute Gasteiger partial charge is 0.481 e. The van der Waals surface area contributed by atoms with Crippen molar-refractivity contribution in [1.29, 1.82) is 0 Å². The molecule has 2 heterocycles. The molecule has 0 fully saturated rings. The first-order valence-electron chi connectivity index (χ1n) is 13.6. The van der Waals surface area contributed by atoms with Gasteiger partial charge in [-0.3, -0.25) is 14.4 Å². The van der Waals surface area contributed by atoms with E-state index in [0.717, 1.165) is 26.1 Å². The molecule has 0 spiro atoms. The standard InChI is InChI=1S/C31H39F2N3O4S/c1-18(2)12-25(36-16-21(10-11-35(5)6)13-23(29(32)33)31(36)40)30(39)34-24(15-27(37)38)22-14-26(41-17-22)28-19(3)8-7-9-20(28)4/h7-9,13-14,16-18,24-25,29H,10-12,15H2,1-6H3,(H,34,39)(H,37,38)/t24-,25-/m0/s1. The van der Waals surface area contributed by atoms with Gasteiger partial charge in [-0.15, -0.1) is 11.3 Å². The number of benzene rings is 1. The van der Waals surface area contributed by atoms with E-state index in [1.54, 1.807) is 0 Å². The average molecular weight is 588 g/mol. The number of alkyl halides is 2. The molecule has 0 aliphatic carbocycles. The van der Waals surface area contributed by atoms with Crippen LogP contribution in [0.3, 0.4) is 0 Å². The van der Waals surface area contributed by atoms with Crippen LogP contribution in [0.25, 0.3) is 10.4 Å². The molecular formula is C31H39F2N3O4S. The van der Waals surface area contributed by atoms with E-state index in [0.29, 0.717) is 24.1 Å². The number of hydrogen-bond donors (Lipinski definition) is 2. The van der Waals surface area contributed by atoms with E-state index in [9.17, 15) is 28.3 Å². The lowest BCUT2D eigenvalue weighted by Crippen LogP contribution is -2.41. The van der Waals surface area contributed by atoms with Crippen molar-refractivity contribution in [1.82, 2.24) is 14.8 Å². The van der Waals surface area contributed by atoms with Gasteiger partial charge in [-0.25, -0.2) is 8.78 Å². The minimum absolute atomic E-state index is 0.0483. The number of carbonyl (C=O) groups is 2. The number of halogens is 2. The van der Waals surface area contributed by atoms with Crippen molar-refractivity contribution in [3.05, 3.63) is 80.1 Å². The summed E-state index contributed by atoms with van der Waals surface area (Å²) in [5.74, 6) is -1.73. The zero-order valence-electron chi connectivity index (χ0n) is 24.4. The summed E-state index contributed by atoms with van der Waals surface area (Å²) in [5.41, 5.74) is 2.80. The Bertz CT molecular complexity index is 1410. The van der Waals surface area contributed by atoms with Gasteiger partial charge in [-0.05, 0) is 92.0 Å². The molecule has 0 unspecified atom stereocenters. The van der Waals surface area contributed by atoms with Crippen molar-refractivity contribution in [3.63, 3.8) is 0 Å². The number of nitrogens with one attached hydrogen (secondary N) is 1. The van der Waals surface area contributed by atoms with Crippen molar-refractivity contribution < 1.29 is 23.5 Å². The van der Waals surface area contributed by atoms with Gasteiger partial charge in [0.05, 0.1) is 18.0 Å². The third-order valence-corrected chi connectivity index (χ3v) is 7.95. The topological polar surface area (TPSA) is 91.6 Å². The Hall–Kier alpha value is -3.37. The summed E-state index contributed by atoms with van der Waals surface area (Å²) in [5, 5.41) is 14.3. The lowest BCUT2D eigenvalue weighted by molar-refractivity contribution is -0.138. The Morgan fingerprint density at radius 3 is 2.34 bits per heavy atom. The number of nitrogens with zero attached hydrogens (tertiary/aromatic N) is 2. The second kappa shape index (κ2) is 14.0. The summed E-state index contributed by atoms with van der Waals surface area (Å²) >= 11 is 1.46. The SMILES string of the molecule is Cc1cccc(C)c1-c1cc([C@H](CC(=O)O)NC(=O)[C@H](CC(C)C)n2cc(CCN(C)C)cc(C(F)F)c2=O)cs1. The first-order valence-corrected chi connectivity index (χ1v) is 14.5. The van der Waals surface area contributed by atoms with Crippen LogP contribution < -0.4 is 10.9 Å². The first kappa shape index (κ1) is 32.1. The molecule has 2 N–H and O–H groups in total. The monoisotopic (exact) mass is 587 g/mol. The summed E-state index contributed by atoms with van der Waals surface area (Å²) in [6.07, 6.45) is -1.25. The average Bonchev–Trinajstić information content (AvgIpc) is 3.35. The highest BCUT2D eigenvalue weighted by atomic mass is 32.1. The van der Waals surface area contributed by atoms with Crippen LogP contribution in [-0.4, -0.2) is 47.1 Å². The van der Waals surface area contributed by atoms with Crippen LogP contribution in [0.4, 0.5) is 8.78 Å². The number of amides is 1. The van der Waals surface area contributed by atoms with Crippen molar-refractivity contribution in [2.75, 3.05) is 20.6 Å². The van der Waals surface area contributed by atoms with Gasteiger partial charge in [0.1, 0.15) is 6.04 Å². The molecule has 0 saturated heterocycles. The molecule has 10 heteroatoms. The van der Waals surface area contributed by atoms with Gasteiger partial charge in [-0.1, -0.05) is 32.0 Å². The maximum Gasteiger partial charge on any atom is 0.305 e. The van der Waals surface area contributed by atoms with Gasteiger partial charge >= 0.3 is 5.97 Å². The number of aryl methyl sites for hydroxylation is 2. The van der Waals surface area contributed by atoms with Crippen LogP contribution in [0.1, 0.15) is 73.0 Å². The van der Waals surface area contributed by atoms with Crippen LogP contribution in [0.15, 0.2) is 46.7 Å². The van der Waals surface area contributed by atoms with Crippen molar-refractivity contribution in [2.24, 2.45) is 5.92 Å². The Labute approximate surface area is 243 Å². The number of carboxylic acids is 1. The predicted octanol–water partition coefficient (Wildman–Crippen LogP) is 6.15. The fourth-order valence-corrected chi connectivity index (χ4v) is 6.06. The van der Waals surface area contributed by atoms with Crippen molar-refractivity contribution in [2.45, 2.75) is 65.5 Å². The number of carbonyl (C=O) groups excluding carboxylic acids is 1. The van der Waals surface area contributed by atoms with E-state index >= 15 is 0 Å². The van der Waals surface area contributed by atoms with E-state index in [-0.39, 0.29) is 18.8 Å². The maximum absolute atomic E-state index is 13.9. The van der Waals surface area contributed by atoms with Crippen molar-refractivity contribution in [3.8, 4) is 10.4 Å². The van der Waals surface area contributed by atoms with Crippen LogP contribution >= 0.6 is 11.3 Å². The van der Waals surface area contributed by atoms with E-state index < -0.39 is 41.5 Å². The zero-order chi connectivity index (χ0) is 30.4. The number of aliphatic carboxylic acids is 1. The zero-order valence-corrected chi connectivity index (χ0v) is 25.2. The summed E-state index contributed by atoms with van der Waals surface area (Å²) in [4.78, 5) is 41.6. The van der Waals surface area contributed by atoms with Gasteiger partial charge in [-0.2, -0.15) is 0 Å². The normalized spacial score (nSPS) is 13.1. The van der Waals surface area contributed by atoms with Gasteiger partial charge in [0, 0.05) is 17.6 Å². The second-order valence-electron chi connectivity index (χ2n) is 11.2. The van der Waals surface area contributed by atoms with Crippen LogP contribution in [-0.2, 0) is 16.0 Å². The molecule has 0 aliphatic heterocycles. The molecule has 2 aromatic heterocycles. The molecule has 1 amide bonds. The molecule has 7 nitrogen and oxygen atoms in total. The van der Waals surface area contributed by atoms with Gasteiger partial charge in [0.25, 0.3) is 12.0 Å². The molecule has 0 bridgehead atoms. The van der Waals surface area contributed by atoms with Crippen LogP contribution in [0, 0.1) is 19.8 Å². The number of likely N-dealkylation sites (N-methyl/N-ethyl adjacent to an activating group) is 1. The smallest absolute Gasteiger partial charge is 0.305 e. The lowest BCUT2D eigenvalue weighted by atomic mass is 9.98. The third-order valence-electron chi connectivity index (χ3n) is 6.99. The molecule has 41 heavy (non-hydrogen) atoms. The molecule has 0 aliphatic rings. The number of hydrogen-bond acceptors (Lipinski definition) is 5. The van der Waals surface area contributed by atoms with Gasteiger partial charge in [0.2, 0.25) is 5.91 Å². The Morgan fingerprint density at radius 1 is 1.12 bits per heavy atom. The molecule has 3 aromatic rings. The van der Waals surface area contributed by atoms with E-state index in [2.05, 4.69) is 5.32 Å².